The predicted molar refractivity (Wildman–Crippen MR) is 72.0 cm³/mol. The molecule has 0 aliphatic heterocycles. The van der Waals surface area contributed by atoms with Crippen LogP contribution in [0.15, 0.2) is 12.1 Å². The maximum atomic E-state index is 13.6. The van der Waals surface area contributed by atoms with E-state index < -0.39 is 33.3 Å². The summed E-state index contributed by atoms with van der Waals surface area (Å²) < 4.78 is 76.4. The second kappa shape index (κ2) is 6.88. The van der Waals surface area contributed by atoms with Crippen LogP contribution in [0.2, 0.25) is 0 Å². The second-order valence-electron chi connectivity index (χ2n) is 4.27. The number of halogens is 5. The summed E-state index contributed by atoms with van der Waals surface area (Å²) in [4.78, 5) is 0. The van der Waals surface area contributed by atoms with Crippen molar-refractivity contribution in [1.82, 2.24) is 0 Å². The van der Waals surface area contributed by atoms with Gasteiger partial charge in [-0.15, -0.1) is 11.6 Å². The van der Waals surface area contributed by atoms with Gasteiger partial charge in [0.25, 0.3) is 0 Å². The Morgan fingerprint density at radius 2 is 2.00 bits per heavy atom. The van der Waals surface area contributed by atoms with Crippen LogP contribution >= 0.6 is 11.6 Å². The van der Waals surface area contributed by atoms with E-state index in [1.54, 1.807) is 0 Å². The van der Waals surface area contributed by atoms with Gasteiger partial charge in [-0.05, 0) is 18.6 Å². The van der Waals surface area contributed by atoms with E-state index >= 15 is 0 Å². The quantitative estimate of drug-likeness (QED) is 0.350. The number of aliphatic hydroxyl groups is 1. The zero-order valence-corrected chi connectivity index (χ0v) is 12.7. The first kappa shape index (κ1) is 18.8. The zero-order chi connectivity index (χ0) is 17.1. The maximum Gasteiger partial charge on any atom is 0.534 e. The van der Waals surface area contributed by atoms with E-state index in [-0.39, 0.29) is 23.7 Å². The Morgan fingerprint density at radius 1 is 1.41 bits per heavy atom. The van der Waals surface area contributed by atoms with Crippen molar-refractivity contribution < 1.29 is 35.3 Å². The summed E-state index contributed by atoms with van der Waals surface area (Å²) in [7, 11) is -5.86. The van der Waals surface area contributed by atoms with Crippen LogP contribution in [0.25, 0.3) is 0 Å². The first-order valence-electron chi connectivity index (χ1n) is 5.76. The fraction of sp³-hybridized carbons (Fsp3) is 0.455. The van der Waals surface area contributed by atoms with Gasteiger partial charge in [0, 0.05) is 12.6 Å². The summed E-state index contributed by atoms with van der Waals surface area (Å²) in [6.45, 7) is 0.997. The third-order valence-corrected chi connectivity index (χ3v) is 3.78. The minimum atomic E-state index is -5.86. The molecule has 1 aromatic rings. The normalized spacial score (nSPS) is 13.8. The molecule has 0 radical (unpaired) electrons. The van der Waals surface area contributed by atoms with E-state index in [9.17, 15) is 31.1 Å². The Hall–Kier alpha value is -1.26. The molecule has 5 nitrogen and oxygen atoms in total. The Balaban J connectivity index is 3.07. The minimum Gasteiger partial charge on any atom is -0.390 e. The van der Waals surface area contributed by atoms with Gasteiger partial charge in [0.2, 0.25) is 0 Å². The van der Waals surface area contributed by atoms with Gasteiger partial charge in [-0.3, -0.25) is 0 Å². The summed E-state index contributed by atoms with van der Waals surface area (Å²) in [5, 5.41) is 11.6. The highest BCUT2D eigenvalue weighted by atomic mass is 35.5. The van der Waals surface area contributed by atoms with Gasteiger partial charge in [0.1, 0.15) is 11.6 Å². The molecule has 126 valence electrons. The van der Waals surface area contributed by atoms with Gasteiger partial charge in [-0.2, -0.15) is 21.6 Å². The molecular formula is C11H12ClF4NO4S. The van der Waals surface area contributed by atoms with Crippen molar-refractivity contribution in [2.75, 3.05) is 17.7 Å². The first-order chi connectivity index (χ1) is 9.98. The molecule has 0 amide bonds. The van der Waals surface area contributed by atoms with E-state index in [0.717, 1.165) is 12.1 Å². The lowest BCUT2D eigenvalue weighted by Crippen LogP contribution is -2.28. The van der Waals surface area contributed by atoms with Gasteiger partial charge >= 0.3 is 15.6 Å². The highest BCUT2D eigenvalue weighted by Gasteiger charge is 2.48. The number of hydrogen-bond acceptors (Lipinski definition) is 5. The van der Waals surface area contributed by atoms with Gasteiger partial charge < -0.3 is 14.6 Å². The third kappa shape index (κ3) is 4.62. The molecule has 1 rings (SSSR count). The third-order valence-electron chi connectivity index (χ3n) is 2.45. The fourth-order valence-electron chi connectivity index (χ4n) is 1.33. The number of aryl methyl sites for hydroxylation is 1. The summed E-state index contributed by atoms with van der Waals surface area (Å²) in [6.07, 6.45) is -1.02. The van der Waals surface area contributed by atoms with Crippen molar-refractivity contribution in [2.45, 2.75) is 18.5 Å². The topological polar surface area (TPSA) is 75.6 Å². The van der Waals surface area contributed by atoms with Crippen LogP contribution in [0.4, 0.5) is 23.2 Å². The molecule has 0 aliphatic carbocycles. The molecule has 1 unspecified atom stereocenters. The predicted octanol–water partition coefficient (Wildman–Crippen LogP) is 2.37. The number of alkyl halides is 4. The summed E-state index contributed by atoms with van der Waals surface area (Å²) in [5.41, 5.74) is -6.08. The summed E-state index contributed by atoms with van der Waals surface area (Å²) in [6, 6.07) is 1.56. The smallest absolute Gasteiger partial charge is 0.390 e. The highest BCUT2D eigenvalue weighted by Crippen LogP contribution is 2.31. The Kier molecular flexibility index (Phi) is 5.88. The molecule has 0 saturated heterocycles. The number of rotatable bonds is 6. The van der Waals surface area contributed by atoms with Crippen LogP contribution in [0, 0.1) is 12.7 Å². The van der Waals surface area contributed by atoms with Gasteiger partial charge in [0.15, 0.2) is 0 Å². The highest BCUT2D eigenvalue weighted by molar-refractivity contribution is 7.88. The zero-order valence-electron chi connectivity index (χ0n) is 11.1. The lowest BCUT2D eigenvalue weighted by Gasteiger charge is -2.15. The van der Waals surface area contributed by atoms with Crippen LogP contribution in [-0.2, 0) is 10.1 Å². The Morgan fingerprint density at radius 3 is 2.50 bits per heavy atom. The molecule has 22 heavy (non-hydrogen) atoms. The van der Waals surface area contributed by atoms with E-state index in [4.69, 9.17) is 11.6 Å². The van der Waals surface area contributed by atoms with E-state index in [0.29, 0.717) is 0 Å². The van der Waals surface area contributed by atoms with Crippen LogP contribution < -0.4 is 9.50 Å². The SMILES string of the molecule is Cc1cc(F)c(NCC(O)CCl)cc1OS(=O)(=O)C(F)(F)F. The summed E-state index contributed by atoms with van der Waals surface area (Å²) in [5.74, 6) is -1.68. The molecule has 0 aliphatic rings. The largest absolute Gasteiger partial charge is 0.534 e. The molecule has 0 spiro atoms. The molecular weight excluding hydrogens is 354 g/mol. The molecule has 2 N–H and O–H groups in total. The molecule has 1 aromatic carbocycles. The van der Waals surface area contributed by atoms with E-state index in [1.165, 1.54) is 6.92 Å². The van der Waals surface area contributed by atoms with Crippen LogP contribution in [0.3, 0.4) is 0 Å². The molecule has 1 atom stereocenters. The van der Waals surface area contributed by atoms with Crippen molar-refractivity contribution >= 4 is 27.4 Å². The van der Waals surface area contributed by atoms with Crippen molar-refractivity contribution in [2.24, 2.45) is 0 Å². The van der Waals surface area contributed by atoms with E-state index in [1.807, 2.05) is 0 Å². The van der Waals surface area contributed by atoms with Crippen LogP contribution in [-0.4, -0.2) is 37.6 Å². The van der Waals surface area contributed by atoms with Crippen LogP contribution in [0.1, 0.15) is 5.56 Å². The van der Waals surface area contributed by atoms with E-state index in [2.05, 4.69) is 9.50 Å². The van der Waals surface area contributed by atoms with Crippen molar-refractivity contribution in [3.05, 3.63) is 23.5 Å². The summed E-state index contributed by atoms with van der Waals surface area (Å²) >= 11 is 5.34. The van der Waals surface area contributed by atoms with Gasteiger partial charge in [-0.1, -0.05) is 0 Å². The molecule has 0 bridgehead atoms. The Labute approximate surface area is 129 Å². The molecule has 0 saturated carbocycles. The number of nitrogens with one attached hydrogen (secondary N) is 1. The standard InChI is InChI=1S/C11H12ClF4NO4S/c1-6-2-8(13)9(17-5-7(18)4-12)3-10(6)21-22(19,20)11(14,15)16/h2-3,7,17-18H,4-5H2,1H3. The molecule has 0 heterocycles. The molecule has 0 fully saturated rings. The lowest BCUT2D eigenvalue weighted by molar-refractivity contribution is -0.0500. The minimum absolute atomic E-state index is 0.145. The monoisotopic (exact) mass is 365 g/mol. The van der Waals surface area contributed by atoms with Gasteiger partial charge in [-0.25, -0.2) is 4.39 Å². The van der Waals surface area contributed by atoms with Crippen LogP contribution in [0.5, 0.6) is 5.75 Å². The molecule has 11 heteroatoms. The Bertz CT molecular complexity index is 636. The number of benzene rings is 1. The number of hydrogen-bond donors (Lipinski definition) is 2. The first-order valence-corrected chi connectivity index (χ1v) is 7.71. The number of aliphatic hydroxyl groups excluding tert-OH is 1. The average molecular weight is 366 g/mol. The van der Waals surface area contributed by atoms with Crippen molar-refractivity contribution in [3.8, 4) is 5.75 Å². The maximum absolute atomic E-state index is 13.6. The second-order valence-corrected chi connectivity index (χ2v) is 6.12. The molecule has 0 aromatic heterocycles. The fourth-order valence-corrected chi connectivity index (χ4v) is 1.95. The number of anilines is 1. The van der Waals surface area contributed by atoms with Crippen molar-refractivity contribution in [1.29, 1.82) is 0 Å². The van der Waals surface area contributed by atoms with Crippen molar-refractivity contribution in [3.63, 3.8) is 0 Å². The van der Waals surface area contributed by atoms with Gasteiger partial charge in [0.05, 0.1) is 17.7 Å². The lowest BCUT2D eigenvalue weighted by atomic mass is 10.2. The average Bonchev–Trinajstić information content (AvgIpc) is 2.38.